The topological polar surface area (TPSA) is 12.0 Å². The summed E-state index contributed by atoms with van der Waals surface area (Å²) in [5, 5.41) is 3.28. The number of hydrogen-bond acceptors (Lipinski definition) is 1. The lowest BCUT2D eigenvalue weighted by Gasteiger charge is -2.22. The smallest absolute Gasteiger partial charge is 0.128 e. The molecule has 0 heterocycles. The molecule has 20 heavy (non-hydrogen) atoms. The third-order valence-corrected chi connectivity index (χ3v) is 4.02. The molecule has 0 radical (unpaired) electrons. The van der Waals surface area contributed by atoms with Gasteiger partial charge in [-0.15, -0.1) is 0 Å². The lowest BCUT2D eigenvalue weighted by atomic mass is 10.0. The number of halogens is 3. The van der Waals surface area contributed by atoms with Crippen molar-refractivity contribution in [1.82, 2.24) is 5.32 Å². The van der Waals surface area contributed by atoms with Crippen LogP contribution in [0.15, 0.2) is 46.9 Å². The van der Waals surface area contributed by atoms with Crippen molar-refractivity contribution in [3.63, 3.8) is 0 Å². The third kappa shape index (κ3) is 3.44. The maximum absolute atomic E-state index is 13.7. The SMILES string of the molecule is CC(NC(C)c1ccccc1Br)c1cc(F)ccc1F. The lowest BCUT2D eigenvalue weighted by Crippen LogP contribution is -2.23. The summed E-state index contributed by atoms with van der Waals surface area (Å²) in [6.07, 6.45) is 0. The predicted octanol–water partition coefficient (Wildman–Crippen LogP) is 5.14. The van der Waals surface area contributed by atoms with E-state index in [9.17, 15) is 8.78 Å². The van der Waals surface area contributed by atoms with Gasteiger partial charge in [-0.25, -0.2) is 8.78 Å². The van der Waals surface area contributed by atoms with Crippen molar-refractivity contribution >= 4 is 15.9 Å². The Bertz CT molecular complexity index is 601. The summed E-state index contributed by atoms with van der Waals surface area (Å²) in [5.74, 6) is -0.825. The fourth-order valence-corrected chi connectivity index (χ4v) is 2.86. The molecule has 0 spiro atoms. The van der Waals surface area contributed by atoms with Crippen molar-refractivity contribution in [2.45, 2.75) is 25.9 Å². The molecule has 106 valence electrons. The first-order valence-corrected chi connectivity index (χ1v) is 7.23. The molecule has 0 fully saturated rings. The minimum absolute atomic E-state index is 0.0169. The van der Waals surface area contributed by atoms with Crippen LogP contribution in [0, 0.1) is 11.6 Å². The molecule has 1 nitrogen and oxygen atoms in total. The quantitative estimate of drug-likeness (QED) is 0.813. The van der Waals surface area contributed by atoms with Crippen molar-refractivity contribution in [1.29, 1.82) is 0 Å². The maximum atomic E-state index is 13.7. The van der Waals surface area contributed by atoms with E-state index in [2.05, 4.69) is 21.2 Å². The average Bonchev–Trinajstić information content (AvgIpc) is 2.41. The van der Waals surface area contributed by atoms with Crippen LogP contribution in [0.2, 0.25) is 0 Å². The zero-order chi connectivity index (χ0) is 14.7. The molecule has 2 rings (SSSR count). The van der Waals surface area contributed by atoms with Crippen LogP contribution >= 0.6 is 15.9 Å². The van der Waals surface area contributed by atoms with E-state index in [1.54, 1.807) is 0 Å². The molecular weight excluding hydrogens is 324 g/mol. The Balaban J connectivity index is 2.17. The van der Waals surface area contributed by atoms with E-state index >= 15 is 0 Å². The fraction of sp³-hybridized carbons (Fsp3) is 0.250. The second kappa shape index (κ2) is 6.46. The average molecular weight is 340 g/mol. The van der Waals surface area contributed by atoms with E-state index < -0.39 is 11.6 Å². The van der Waals surface area contributed by atoms with Crippen LogP contribution in [0.3, 0.4) is 0 Å². The van der Waals surface area contributed by atoms with Gasteiger partial charge in [0, 0.05) is 22.1 Å². The molecule has 1 N–H and O–H groups in total. The van der Waals surface area contributed by atoms with E-state index in [0.717, 1.165) is 22.2 Å². The predicted molar refractivity (Wildman–Crippen MR) is 80.5 cm³/mol. The van der Waals surface area contributed by atoms with Gasteiger partial charge in [-0.3, -0.25) is 0 Å². The van der Waals surface area contributed by atoms with Crippen LogP contribution in [-0.4, -0.2) is 0 Å². The standard InChI is InChI=1S/C16H16BrF2N/c1-10(13-5-3-4-6-15(13)17)20-11(2)14-9-12(18)7-8-16(14)19/h3-11,20H,1-2H3. The van der Waals surface area contributed by atoms with Crippen LogP contribution in [-0.2, 0) is 0 Å². The maximum Gasteiger partial charge on any atom is 0.128 e. The Hall–Kier alpha value is -1.26. The Kier molecular flexibility index (Phi) is 4.89. The highest BCUT2D eigenvalue weighted by atomic mass is 79.9. The van der Waals surface area contributed by atoms with Gasteiger partial charge in [-0.2, -0.15) is 0 Å². The summed E-state index contributed by atoms with van der Waals surface area (Å²) in [6, 6.07) is 11.1. The summed E-state index contributed by atoms with van der Waals surface area (Å²) in [7, 11) is 0. The Morgan fingerprint density at radius 2 is 1.60 bits per heavy atom. The van der Waals surface area contributed by atoms with Crippen molar-refractivity contribution in [3.8, 4) is 0 Å². The lowest BCUT2D eigenvalue weighted by molar-refractivity contribution is 0.469. The molecule has 0 aromatic heterocycles. The highest BCUT2D eigenvalue weighted by molar-refractivity contribution is 9.10. The second-order valence-corrected chi connectivity index (χ2v) is 5.65. The minimum atomic E-state index is -0.427. The van der Waals surface area contributed by atoms with Gasteiger partial charge in [-0.05, 0) is 43.7 Å². The molecule has 0 saturated heterocycles. The molecule has 0 aliphatic carbocycles. The molecule has 2 aromatic carbocycles. The summed E-state index contributed by atoms with van der Waals surface area (Å²) >= 11 is 3.50. The summed E-state index contributed by atoms with van der Waals surface area (Å²) in [5.41, 5.74) is 1.42. The Morgan fingerprint density at radius 3 is 2.30 bits per heavy atom. The molecule has 0 amide bonds. The first-order chi connectivity index (χ1) is 9.49. The Morgan fingerprint density at radius 1 is 0.950 bits per heavy atom. The van der Waals surface area contributed by atoms with E-state index in [-0.39, 0.29) is 12.1 Å². The van der Waals surface area contributed by atoms with E-state index in [0.29, 0.717) is 5.56 Å². The molecule has 2 atom stereocenters. The van der Waals surface area contributed by atoms with Gasteiger partial charge >= 0.3 is 0 Å². The molecule has 0 saturated carbocycles. The van der Waals surface area contributed by atoms with Gasteiger partial charge in [0.1, 0.15) is 11.6 Å². The van der Waals surface area contributed by atoms with Crippen molar-refractivity contribution < 1.29 is 8.78 Å². The second-order valence-electron chi connectivity index (χ2n) is 4.80. The molecular formula is C16H16BrF2N. The largest absolute Gasteiger partial charge is 0.304 e. The van der Waals surface area contributed by atoms with Crippen LogP contribution in [0.25, 0.3) is 0 Å². The van der Waals surface area contributed by atoms with Crippen molar-refractivity contribution in [2.75, 3.05) is 0 Å². The first kappa shape index (κ1) is 15.1. The van der Waals surface area contributed by atoms with E-state index in [1.807, 2.05) is 38.1 Å². The summed E-state index contributed by atoms with van der Waals surface area (Å²) < 4.78 is 28.0. The van der Waals surface area contributed by atoms with Crippen molar-refractivity contribution in [2.24, 2.45) is 0 Å². The molecule has 0 aliphatic rings. The fourth-order valence-electron chi connectivity index (χ4n) is 2.23. The summed E-state index contributed by atoms with van der Waals surface area (Å²) in [4.78, 5) is 0. The van der Waals surface area contributed by atoms with Gasteiger partial charge in [-0.1, -0.05) is 34.1 Å². The molecule has 0 aliphatic heterocycles. The van der Waals surface area contributed by atoms with Crippen LogP contribution in [0.1, 0.15) is 37.1 Å². The highest BCUT2D eigenvalue weighted by Gasteiger charge is 2.16. The van der Waals surface area contributed by atoms with Crippen LogP contribution in [0.4, 0.5) is 8.78 Å². The highest BCUT2D eigenvalue weighted by Crippen LogP contribution is 2.26. The van der Waals surface area contributed by atoms with E-state index in [1.165, 1.54) is 6.07 Å². The summed E-state index contributed by atoms with van der Waals surface area (Å²) in [6.45, 7) is 3.82. The monoisotopic (exact) mass is 339 g/mol. The van der Waals surface area contributed by atoms with Crippen LogP contribution in [0.5, 0.6) is 0 Å². The third-order valence-electron chi connectivity index (χ3n) is 3.30. The number of benzene rings is 2. The number of hydrogen-bond donors (Lipinski definition) is 1. The van der Waals surface area contributed by atoms with E-state index in [4.69, 9.17) is 0 Å². The molecule has 2 unspecified atom stereocenters. The molecule has 2 aromatic rings. The zero-order valence-electron chi connectivity index (χ0n) is 11.3. The van der Waals surface area contributed by atoms with Crippen LogP contribution < -0.4 is 5.32 Å². The van der Waals surface area contributed by atoms with Gasteiger partial charge in [0.15, 0.2) is 0 Å². The van der Waals surface area contributed by atoms with Gasteiger partial charge in [0.05, 0.1) is 0 Å². The normalized spacial score (nSPS) is 14.1. The zero-order valence-corrected chi connectivity index (χ0v) is 12.9. The number of nitrogens with one attached hydrogen (secondary N) is 1. The number of rotatable bonds is 4. The van der Waals surface area contributed by atoms with Crippen molar-refractivity contribution in [3.05, 3.63) is 69.7 Å². The molecule has 4 heteroatoms. The van der Waals surface area contributed by atoms with Gasteiger partial charge in [0.2, 0.25) is 0 Å². The minimum Gasteiger partial charge on any atom is -0.304 e. The van der Waals surface area contributed by atoms with Gasteiger partial charge < -0.3 is 5.32 Å². The molecule has 0 bridgehead atoms. The Labute approximate surface area is 126 Å². The van der Waals surface area contributed by atoms with Gasteiger partial charge in [0.25, 0.3) is 0 Å². The first-order valence-electron chi connectivity index (χ1n) is 6.44.